The minimum Gasteiger partial charge on any atom is -0.348 e. The van der Waals surface area contributed by atoms with Gasteiger partial charge in [-0.2, -0.15) is 0 Å². The SMILES string of the molecule is O=C(NCc1ccccc1Cl)c1ccccc1S[C@H]1CCS(=O)(=O)C1. The van der Waals surface area contributed by atoms with Crippen molar-refractivity contribution in [3.05, 3.63) is 64.7 Å². The molecule has 1 fully saturated rings. The Labute approximate surface area is 156 Å². The largest absolute Gasteiger partial charge is 0.348 e. The highest BCUT2D eigenvalue weighted by atomic mass is 35.5. The molecule has 1 saturated heterocycles. The molecule has 132 valence electrons. The molecule has 1 N–H and O–H groups in total. The highest BCUT2D eigenvalue weighted by Gasteiger charge is 2.29. The first-order valence-electron chi connectivity index (χ1n) is 7.92. The fourth-order valence-electron chi connectivity index (χ4n) is 2.70. The van der Waals surface area contributed by atoms with Crippen molar-refractivity contribution in [2.45, 2.75) is 23.1 Å². The first-order valence-corrected chi connectivity index (χ1v) is 11.0. The maximum atomic E-state index is 12.6. The molecule has 2 aromatic rings. The average Bonchev–Trinajstić information content (AvgIpc) is 2.93. The number of benzene rings is 2. The summed E-state index contributed by atoms with van der Waals surface area (Å²) in [4.78, 5) is 13.4. The summed E-state index contributed by atoms with van der Waals surface area (Å²) < 4.78 is 23.3. The molecule has 25 heavy (non-hydrogen) atoms. The quantitative estimate of drug-likeness (QED) is 0.840. The average molecular weight is 396 g/mol. The van der Waals surface area contributed by atoms with Crippen molar-refractivity contribution in [1.82, 2.24) is 5.32 Å². The maximum Gasteiger partial charge on any atom is 0.252 e. The van der Waals surface area contributed by atoms with E-state index in [9.17, 15) is 13.2 Å². The second-order valence-electron chi connectivity index (χ2n) is 5.91. The summed E-state index contributed by atoms with van der Waals surface area (Å²) in [5.41, 5.74) is 1.41. The molecule has 4 nitrogen and oxygen atoms in total. The van der Waals surface area contributed by atoms with E-state index in [1.54, 1.807) is 18.2 Å². The van der Waals surface area contributed by atoms with Gasteiger partial charge in [-0.3, -0.25) is 4.79 Å². The van der Waals surface area contributed by atoms with Crippen LogP contribution in [0.1, 0.15) is 22.3 Å². The molecular formula is C18H18ClNO3S2. The summed E-state index contributed by atoms with van der Waals surface area (Å²) in [6, 6.07) is 14.6. The van der Waals surface area contributed by atoms with Gasteiger partial charge in [0.2, 0.25) is 0 Å². The van der Waals surface area contributed by atoms with E-state index in [1.165, 1.54) is 11.8 Å². The lowest BCUT2D eigenvalue weighted by Crippen LogP contribution is -2.23. The Bertz CT molecular complexity index is 883. The standard InChI is InChI=1S/C18H18ClNO3S2/c19-16-7-3-1-5-13(16)11-20-18(21)15-6-2-4-8-17(15)24-14-9-10-25(22,23)12-14/h1-8,14H,9-12H2,(H,20,21)/t14-/m0/s1. The monoisotopic (exact) mass is 395 g/mol. The van der Waals surface area contributed by atoms with Gasteiger partial charge in [0.25, 0.3) is 5.91 Å². The van der Waals surface area contributed by atoms with Crippen molar-refractivity contribution < 1.29 is 13.2 Å². The van der Waals surface area contributed by atoms with E-state index in [1.807, 2.05) is 30.3 Å². The summed E-state index contributed by atoms with van der Waals surface area (Å²) in [5, 5.41) is 3.50. The van der Waals surface area contributed by atoms with Crippen LogP contribution < -0.4 is 5.32 Å². The van der Waals surface area contributed by atoms with Gasteiger partial charge in [-0.25, -0.2) is 8.42 Å². The van der Waals surface area contributed by atoms with E-state index < -0.39 is 9.84 Å². The van der Waals surface area contributed by atoms with Gasteiger partial charge in [-0.15, -0.1) is 11.8 Å². The smallest absolute Gasteiger partial charge is 0.252 e. The molecule has 1 amide bonds. The van der Waals surface area contributed by atoms with Crippen LogP contribution in [0.4, 0.5) is 0 Å². The Hall–Kier alpha value is -1.50. The van der Waals surface area contributed by atoms with Gasteiger partial charge < -0.3 is 5.32 Å². The Morgan fingerprint density at radius 1 is 1.16 bits per heavy atom. The molecule has 1 heterocycles. The Kier molecular flexibility index (Phi) is 5.71. The van der Waals surface area contributed by atoms with Crippen molar-refractivity contribution in [3.8, 4) is 0 Å². The molecule has 1 aliphatic rings. The Morgan fingerprint density at radius 3 is 2.60 bits per heavy atom. The lowest BCUT2D eigenvalue weighted by atomic mass is 10.2. The van der Waals surface area contributed by atoms with E-state index in [2.05, 4.69) is 5.32 Å². The topological polar surface area (TPSA) is 63.2 Å². The third-order valence-corrected chi connectivity index (χ3v) is 7.71. The summed E-state index contributed by atoms with van der Waals surface area (Å²) in [7, 11) is -2.94. The van der Waals surface area contributed by atoms with Gasteiger partial charge >= 0.3 is 0 Å². The molecule has 0 bridgehead atoms. The lowest BCUT2D eigenvalue weighted by molar-refractivity contribution is 0.0948. The number of halogens is 1. The van der Waals surface area contributed by atoms with E-state index >= 15 is 0 Å². The molecule has 0 unspecified atom stereocenters. The molecule has 0 aromatic heterocycles. The first kappa shape index (κ1) is 18.3. The lowest BCUT2D eigenvalue weighted by Gasteiger charge is -2.13. The summed E-state index contributed by atoms with van der Waals surface area (Å²) in [6.45, 7) is 0.343. The highest BCUT2D eigenvalue weighted by molar-refractivity contribution is 8.02. The second-order valence-corrected chi connectivity index (χ2v) is 9.89. The summed E-state index contributed by atoms with van der Waals surface area (Å²) in [5.74, 6) is 0.211. The molecule has 1 atom stereocenters. The highest BCUT2D eigenvalue weighted by Crippen LogP contribution is 2.33. The van der Waals surface area contributed by atoms with Crippen molar-refractivity contribution in [3.63, 3.8) is 0 Å². The number of sulfone groups is 1. The summed E-state index contributed by atoms with van der Waals surface area (Å²) in [6.07, 6.45) is 0.628. The number of hydrogen-bond donors (Lipinski definition) is 1. The van der Waals surface area contributed by atoms with Crippen LogP contribution in [-0.4, -0.2) is 31.1 Å². The molecule has 1 aliphatic heterocycles. The van der Waals surface area contributed by atoms with Crippen molar-refractivity contribution in [1.29, 1.82) is 0 Å². The molecule has 0 spiro atoms. The predicted octanol–water partition coefficient (Wildman–Crippen LogP) is 3.55. The molecule has 0 saturated carbocycles. The number of hydrogen-bond acceptors (Lipinski definition) is 4. The fraction of sp³-hybridized carbons (Fsp3) is 0.278. The van der Waals surface area contributed by atoms with Crippen LogP contribution >= 0.6 is 23.4 Å². The van der Waals surface area contributed by atoms with E-state index in [0.29, 0.717) is 23.6 Å². The molecule has 0 radical (unpaired) electrons. The number of nitrogens with one attached hydrogen (secondary N) is 1. The zero-order valence-corrected chi connectivity index (χ0v) is 15.8. The molecule has 0 aliphatic carbocycles. The number of amides is 1. The Balaban J connectivity index is 1.70. The van der Waals surface area contributed by atoms with Gasteiger partial charge in [0.1, 0.15) is 0 Å². The van der Waals surface area contributed by atoms with Crippen molar-refractivity contribution >= 4 is 39.1 Å². The van der Waals surface area contributed by atoms with Crippen LogP contribution in [0.5, 0.6) is 0 Å². The Morgan fingerprint density at radius 2 is 1.88 bits per heavy atom. The van der Waals surface area contributed by atoms with E-state index in [-0.39, 0.29) is 22.7 Å². The molecule has 7 heteroatoms. The van der Waals surface area contributed by atoms with Crippen molar-refractivity contribution in [2.24, 2.45) is 0 Å². The van der Waals surface area contributed by atoms with Gasteiger partial charge in [0, 0.05) is 21.7 Å². The third-order valence-electron chi connectivity index (χ3n) is 4.01. The van der Waals surface area contributed by atoms with Crippen LogP contribution in [0, 0.1) is 0 Å². The molecule has 3 rings (SSSR count). The molecular weight excluding hydrogens is 378 g/mol. The maximum absolute atomic E-state index is 12.6. The minimum absolute atomic E-state index is 0.00233. The number of rotatable bonds is 5. The van der Waals surface area contributed by atoms with Crippen molar-refractivity contribution in [2.75, 3.05) is 11.5 Å². The fourth-order valence-corrected chi connectivity index (χ4v) is 6.53. The minimum atomic E-state index is -2.94. The van der Waals surface area contributed by atoms with E-state index in [0.717, 1.165) is 10.5 Å². The van der Waals surface area contributed by atoms with Gasteiger partial charge in [-0.1, -0.05) is 41.9 Å². The zero-order valence-electron chi connectivity index (χ0n) is 13.4. The first-order chi connectivity index (χ1) is 11.9. The number of carbonyl (C=O) groups is 1. The number of thioether (sulfide) groups is 1. The van der Waals surface area contributed by atoms with Crippen LogP contribution in [-0.2, 0) is 16.4 Å². The van der Waals surface area contributed by atoms with Crippen LogP contribution in [0.2, 0.25) is 5.02 Å². The normalized spacial score (nSPS) is 18.8. The summed E-state index contributed by atoms with van der Waals surface area (Å²) >= 11 is 7.58. The van der Waals surface area contributed by atoms with E-state index in [4.69, 9.17) is 11.6 Å². The van der Waals surface area contributed by atoms with Gasteiger partial charge in [-0.05, 0) is 30.2 Å². The number of carbonyl (C=O) groups excluding carboxylic acids is 1. The predicted molar refractivity (Wildman–Crippen MR) is 102 cm³/mol. The zero-order chi connectivity index (χ0) is 17.9. The third kappa shape index (κ3) is 4.77. The van der Waals surface area contributed by atoms with Gasteiger partial charge in [0.15, 0.2) is 9.84 Å². The molecule has 2 aromatic carbocycles. The van der Waals surface area contributed by atoms with Crippen LogP contribution in [0.3, 0.4) is 0 Å². The van der Waals surface area contributed by atoms with Crippen LogP contribution in [0.25, 0.3) is 0 Å². The van der Waals surface area contributed by atoms with Gasteiger partial charge in [0.05, 0.1) is 17.1 Å². The second kappa shape index (κ2) is 7.81. The van der Waals surface area contributed by atoms with Crippen LogP contribution in [0.15, 0.2) is 53.4 Å².